The summed E-state index contributed by atoms with van der Waals surface area (Å²) in [6, 6.07) is 22.2. The molecule has 45 heavy (non-hydrogen) atoms. The van der Waals surface area contributed by atoms with Gasteiger partial charge < -0.3 is 19.8 Å². The summed E-state index contributed by atoms with van der Waals surface area (Å²) in [6.45, 7) is 10.3. The summed E-state index contributed by atoms with van der Waals surface area (Å²) in [4.78, 5) is 48.9. The highest BCUT2D eigenvalue weighted by Crippen LogP contribution is 2.68. The van der Waals surface area contributed by atoms with Gasteiger partial charge >= 0.3 is 0 Å². The van der Waals surface area contributed by atoms with Gasteiger partial charge in [-0.2, -0.15) is 0 Å². The van der Waals surface area contributed by atoms with Crippen LogP contribution in [0, 0.1) is 11.8 Å². The third-order valence-electron chi connectivity index (χ3n) is 9.49. The number of alkyl halides is 1. The lowest BCUT2D eigenvalue weighted by atomic mass is 9.70. The summed E-state index contributed by atoms with van der Waals surface area (Å²) in [7, 11) is 0. The maximum absolute atomic E-state index is 14.9. The van der Waals surface area contributed by atoms with Gasteiger partial charge in [-0.1, -0.05) is 88.7 Å². The average Bonchev–Trinajstić information content (AvgIpc) is 3.65. The predicted octanol–water partition coefficient (Wildman–Crippen LogP) is 5.42. The zero-order valence-corrected chi connectivity index (χ0v) is 27.7. The molecule has 3 fully saturated rings. The van der Waals surface area contributed by atoms with Gasteiger partial charge in [0.2, 0.25) is 11.8 Å². The molecule has 234 valence electrons. The summed E-state index contributed by atoms with van der Waals surface area (Å²) in [6.07, 6.45) is 3.96. The van der Waals surface area contributed by atoms with Crippen molar-refractivity contribution in [2.45, 2.75) is 46.8 Å². The third-order valence-corrected chi connectivity index (χ3v) is 12.7. The standard InChI is InChI=1S/C36H38BrN3O4S/c1-4-17-38(21-24-11-7-6-8-12-24)33(42)29-30-34(43)40(23(3)22-41)32(36(30)20-28(37)31(29)45-36)35(44)39(18-5-2)27-16-15-25-13-9-10-14-26(25)19-27/h4-16,19,23,28-32,41H,1-2,17-18,20-22H2,3H3/t23-,28?,29+,30+,31+,32?,36?/m1/s1. The summed E-state index contributed by atoms with van der Waals surface area (Å²) in [5.41, 5.74) is 1.70. The molecule has 3 aromatic carbocycles. The second kappa shape index (κ2) is 12.8. The number of hydrogen-bond acceptors (Lipinski definition) is 5. The summed E-state index contributed by atoms with van der Waals surface area (Å²) < 4.78 is -0.834. The quantitative estimate of drug-likeness (QED) is 0.215. The number of hydrogen-bond donors (Lipinski definition) is 1. The number of fused-ring (bicyclic) bond motifs is 2. The van der Waals surface area contributed by atoms with Gasteiger partial charge in [0.1, 0.15) is 6.04 Å². The van der Waals surface area contributed by atoms with E-state index in [-0.39, 0.29) is 41.0 Å². The normalized spacial score (nSPS) is 27.3. The van der Waals surface area contributed by atoms with Gasteiger partial charge in [0.15, 0.2) is 0 Å². The lowest BCUT2D eigenvalue weighted by Crippen LogP contribution is -2.57. The van der Waals surface area contributed by atoms with Crippen LogP contribution < -0.4 is 4.90 Å². The van der Waals surface area contributed by atoms with Crippen LogP contribution in [-0.2, 0) is 20.9 Å². The van der Waals surface area contributed by atoms with E-state index < -0.39 is 28.7 Å². The molecule has 0 radical (unpaired) electrons. The Balaban J connectivity index is 1.41. The Morgan fingerprint density at radius 2 is 1.73 bits per heavy atom. The highest BCUT2D eigenvalue weighted by atomic mass is 79.9. The molecule has 3 heterocycles. The van der Waals surface area contributed by atoms with Gasteiger partial charge in [0, 0.05) is 35.4 Å². The molecule has 6 rings (SSSR count). The van der Waals surface area contributed by atoms with Gasteiger partial charge in [-0.15, -0.1) is 24.9 Å². The maximum Gasteiger partial charge on any atom is 0.251 e. The van der Waals surface area contributed by atoms with Crippen LogP contribution in [0.5, 0.6) is 0 Å². The fraction of sp³-hybridized carbons (Fsp3) is 0.361. The van der Waals surface area contributed by atoms with Gasteiger partial charge in [-0.3, -0.25) is 14.4 Å². The van der Waals surface area contributed by atoms with Crippen molar-refractivity contribution in [3.8, 4) is 0 Å². The molecule has 3 aromatic rings. The molecule has 3 aliphatic heterocycles. The fourth-order valence-electron chi connectivity index (χ4n) is 7.54. The average molecular weight is 689 g/mol. The first-order chi connectivity index (χ1) is 21.7. The molecular weight excluding hydrogens is 650 g/mol. The van der Waals surface area contributed by atoms with Crippen LogP contribution in [0.2, 0.25) is 0 Å². The van der Waals surface area contributed by atoms with Crippen LogP contribution in [0.1, 0.15) is 18.9 Å². The molecule has 0 saturated carbocycles. The minimum Gasteiger partial charge on any atom is -0.394 e. The number of halogens is 1. The molecule has 7 nitrogen and oxygen atoms in total. The Bertz CT molecular complexity index is 1630. The van der Waals surface area contributed by atoms with E-state index in [4.69, 9.17) is 0 Å². The van der Waals surface area contributed by atoms with E-state index >= 15 is 0 Å². The smallest absolute Gasteiger partial charge is 0.251 e. The molecule has 2 bridgehead atoms. The first kappa shape index (κ1) is 31.6. The molecular formula is C36H38BrN3O4S. The highest BCUT2D eigenvalue weighted by Gasteiger charge is 2.76. The van der Waals surface area contributed by atoms with E-state index in [0.29, 0.717) is 25.2 Å². The maximum atomic E-state index is 14.9. The molecule has 1 spiro atoms. The van der Waals surface area contributed by atoms with Crippen molar-refractivity contribution in [2.75, 3.05) is 24.6 Å². The first-order valence-electron chi connectivity index (χ1n) is 15.3. The van der Waals surface area contributed by atoms with Gasteiger partial charge in [-0.25, -0.2) is 0 Å². The number of likely N-dealkylation sites (tertiary alicyclic amines) is 1. The van der Waals surface area contributed by atoms with E-state index in [1.165, 1.54) is 0 Å². The lowest BCUT2D eigenvalue weighted by Gasteiger charge is -2.39. The molecule has 3 amide bonds. The molecule has 0 aromatic heterocycles. The molecule has 7 atom stereocenters. The zero-order chi connectivity index (χ0) is 31.9. The predicted molar refractivity (Wildman–Crippen MR) is 184 cm³/mol. The van der Waals surface area contributed by atoms with E-state index in [9.17, 15) is 19.5 Å². The van der Waals surface area contributed by atoms with E-state index in [0.717, 1.165) is 16.3 Å². The largest absolute Gasteiger partial charge is 0.394 e. The van der Waals surface area contributed by atoms with Crippen LogP contribution in [0.25, 0.3) is 10.8 Å². The summed E-state index contributed by atoms with van der Waals surface area (Å²) in [5.74, 6) is -1.89. The number of carbonyl (C=O) groups is 3. The zero-order valence-electron chi connectivity index (χ0n) is 25.3. The number of benzene rings is 3. The minimum atomic E-state index is -0.863. The Labute approximate surface area is 277 Å². The third kappa shape index (κ3) is 5.32. The van der Waals surface area contributed by atoms with E-state index in [2.05, 4.69) is 29.1 Å². The first-order valence-corrected chi connectivity index (χ1v) is 17.1. The van der Waals surface area contributed by atoms with Crippen molar-refractivity contribution < 1.29 is 19.5 Å². The molecule has 0 aliphatic carbocycles. The summed E-state index contributed by atoms with van der Waals surface area (Å²) in [5, 5.41) is 12.2. The van der Waals surface area contributed by atoms with Crippen LogP contribution in [0.4, 0.5) is 5.69 Å². The molecule has 9 heteroatoms. The SMILES string of the molecule is C=CCN(Cc1ccccc1)C(=O)[C@H]1[C@H]2C(=O)N([C@H](C)CO)C(C(=O)N(CC=C)c3ccc4ccccc4c3)C23CC(Br)[C@@H]1S3. The second-order valence-corrected chi connectivity index (χ2v) is 14.9. The Morgan fingerprint density at radius 3 is 2.42 bits per heavy atom. The number of carbonyl (C=O) groups excluding carboxylic acids is 3. The monoisotopic (exact) mass is 687 g/mol. The van der Waals surface area contributed by atoms with Gasteiger partial charge in [-0.05, 0) is 41.8 Å². The number of amides is 3. The molecule has 3 aliphatic rings. The van der Waals surface area contributed by atoms with Crippen LogP contribution in [0.15, 0.2) is 98.1 Å². The van der Waals surface area contributed by atoms with Crippen molar-refractivity contribution in [3.63, 3.8) is 0 Å². The lowest BCUT2D eigenvalue weighted by molar-refractivity contribution is -0.145. The van der Waals surface area contributed by atoms with Crippen LogP contribution in [-0.4, -0.2) is 79.2 Å². The molecule has 3 saturated heterocycles. The number of nitrogens with zero attached hydrogens (tertiary/aromatic N) is 3. The fourth-order valence-corrected chi connectivity index (χ4v) is 11.1. The molecule has 3 unspecified atom stereocenters. The van der Waals surface area contributed by atoms with Gasteiger partial charge in [0.05, 0.1) is 29.2 Å². The number of aliphatic hydroxyl groups is 1. The number of aliphatic hydroxyl groups excluding tert-OH is 1. The van der Waals surface area contributed by atoms with Crippen molar-refractivity contribution in [1.29, 1.82) is 0 Å². The Kier molecular flexibility index (Phi) is 8.96. The minimum absolute atomic E-state index is 0.0592. The second-order valence-electron chi connectivity index (χ2n) is 12.2. The van der Waals surface area contributed by atoms with Crippen molar-refractivity contribution in [3.05, 3.63) is 104 Å². The Hall–Kier alpha value is -3.40. The van der Waals surface area contributed by atoms with E-state index in [1.54, 1.807) is 45.5 Å². The highest BCUT2D eigenvalue weighted by molar-refractivity contribution is 9.09. The molecule has 1 N–H and O–H groups in total. The number of rotatable bonds is 11. The van der Waals surface area contributed by atoms with Crippen molar-refractivity contribution >= 4 is 61.9 Å². The van der Waals surface area contributed by atoms with Crippen LogP contribution >= 0.6 is 27.7 Å². The number of thioether (sulfide) groups is 1. The Morgan fingerprint density at radius 1 is 1.04 bits per heavy atom. The van der Waals surface area contributed by atoms with Crippen molar-refractivity contribution in [1.82, 2.24) is 9.80 Å². The van der Waals surface area contributed by atoms with Gasteiger partial charge in [0.25, 0.3) is 5.91 Å². The summed E-state index contributed by atoms with van der Waals surface area (Å²) >= 11 is 5.47. The topological polar surface area (TPSA) is 81.2 Å². The van der Waals surface area contributed by atoms with E-state index in [1.807, 2.05) is 72.8 Å². The number of anilines is 1. The van der Waals surface area contributed by atoms with Crippen LogP contribution in [0.3, 0.4) is 0 Å². The van der Waals surface area contributed by atoms with Crippen molar-refractivity contribution in [2.24, 2.45) is 11.8 Å².